The second-order valence-corrected chi connectivity index (χ2v) is 5.65. The summed E-state index contributed by atoms with van der Waals surface area (Å²) in [6.45, 7) is 4.23. The maximum atomic E-state index is 11.2. The van der Waals surface area contributed by atoms with Crippen molar-refractivity contribution in [1.29, 1.82) is 0 Å². The Morgan fingerprint density at radius 3 is 2.90 bits per heavy atom. The largest absolute Gasteiger partial charge is 0.493 e. The van der Waals surface area contributed by atoms with E-state index in [0.717, 1.165) is 12.1 Å². The Bertz CT molecular complexity index is 559. The monoisotopic (exact) mass is 293 g/mol. The van der Waals surface area contributed by atoms with Crippen molar-refractivity contribution in [2.45, 2.75) is 13.5 Å². The smallest absolute Gasteiger partial charge is 0.308 e. The molecule has 1 aromatic carbocycles. The number of rotatable bonds is 4. The van der Waals surface area contributed by atoms with Crippen molar-refractivity contribution in [3.63, 3.8) is 0 Å². The third kappa shape index (κ3) is 2.63. The number of nitrogens with zero attached hydrogens (tertiary/aromatic N) is 1. The molecule has 3 rings (SSSR count). The van der Waals surface area contributed by atoms with Crippen molar-refractivity contribution in [1.82, 2.24) is 4.90 Å². The van der Waals surface area contributed by atoms with E-state index in [-0.39, 0.29) is 18.6 Å². The molecule has 21 heavy (non-hydrogen) atoms. The third-order valence-corrected chi connectivity index (χ3v) is 4.13. The quantitative estimate of drug-likeness (QED) is 0.909. The molecule has 0 spiro atoms. The van der Waals surface area contributed by atoms with Gasteiger partial charge in [-0.3, -0.25) is 9.69 Å². The molecule has 6 nitrogen and oxygen atoms in total. The zero-order chi connectivity index (χ0) is 15.0. The molecule has 1 aromatic rings. The Kier molecular flexibility index (Phi) is 3.63. The highest BCUT2D eigenvalue weighted by atomic mass is 16.7. The van der Waals surface area contributed by atoms with Gasteiger partial charge in [0.15, 0.2) is 11.5 Å². The summed E-state index contributed by atoms with van der Waals surface area (Å²) in [5.41, 5.74) is 1.04. The normalized spacial score (nSPS) is 24.3. The number of carboxylic acid groups (broad SMARTS) is 1. The fourth-order valence-electron chi connectivity index (χ4n) is 3.05. The third-order valence-electron chi connectivity index (χ3n) is 4.13. The van der Waals surface area contributed by atoms with Crippen molar-refractivity contribution in [2.24, 2.45) is 11.8 Å². The van der Waals surface area contributed by atoms with E-state index in [9.17, 15) is 9.90 Å². The molecule has 0 radical (unpaired) electrons. The number of hydrogen-bond acceptors (Lipinski definition) is 5. The van der Waals surface area contributed by atoms with E-state index in [1.807, 2.05) is 19.1 Å². The van der Waals surface area contributed by atoms with E-state index in [4.69, 9.17) is 14.2 Å². The highest BCUT2D eigenvalue weighted by Crippen LogP contribution is 2.42. The SMILES string of the molecule is COc1cc(CN2C[C@@H](C)[C@H](C(=O)O)C2)cc2c1OCO2. The number of ether oxygens (including phenoxy) is 3. The van der Waals surface area contributed by atoms with Gasteiger partial charge in [0.2, 0.25) is 12.5 Å². The minimum absolute atomic E-state index is 0.165. The first-order valence-corrected chi connectivity index (χ1v) is 7.00. The Morgan fingerprint density at radius 1 is 1.43 bits per heavy atom. The summed E-state index contributed by atoms with van der Waals surface area (Å²) in [6, 6.07) is 3.86. The Hall–Kier alpha value is -1.95. The van der Waals surface area contributed by atoms with E-state index in [1.165, 1.54) is 0 Å². The molecule has 2 aliphatic heterocycles. The number of fused-ring (bicyclic) bond motifs is 1. The molecular formula is C15H19NO5. The van der Waals surface area contributed by atoms with Crippen LogP contribution in [-0.4, -0.2) is 43.0 Å². The Labute approximate surface area is 123 Å². The second-order valence-electron chi connectivity index (χ2n) is 5.65. The predicted molar refractivity (Wildman–Crippen MR) is 74.7 cm³/mol. The van der Waals surface area contributed by atoms with Crippen LogP contribution in [0.2, 0.25) is 0 Å². The van der Waals surface area contributed by atoms with Gasteiger partial charge >= 0.3 is 5.97 Å². The van der Waals surface area contributed by atoms with E-state index in [0.29, 0.717) is 30.3 Å². The Balaban J connectivity index is 1.76. The van der Waals surface area contributed by atoms with Crippen molar-refractivity contribution in [3.05, 3.63) is 17.7 Å². The first-order chi connectivity index (χ1) is 10.1. The molecule has 0 unspecified atom stereocenters. The maximum absolute atomic E-state index is 11.2. The fraction of sp³-hybridized carbons (Fsp3) is 0.533. The van der Waals surface area contributed by atoms with Crippen LogP contribution in [0.25, 0.3) is 0 Å². The van der Waals surface area contributed by atoms with Gasteiger partial charge in [0.05, 0.1) is 13.0 Å². The number of carbonyl (C=O) groups is 1. The summed E-state index contributed by atoms with van der Waals surface area (Å²) >= 11 is 0. The van der Waals surface area contributed by atoms with Crippen LogP contribution in [0.15, 0.2) is 12.1 Å². The summed E-state index contributed by atoms with van der Waals surface area (Å²) in [4.78, 5) is 13.3. The van der Waals surface area contributed by atoms with Crippen LogP contribution in [0.4, 0.5) is 0 Å². The minimum Gasteiger partial charge on any atom is -0.493 e. The van der Waals surface area contributed by atoms with Gasteiger partial charge < -0.3 is 19.3 Å². The first kappa shape index (κ1) is 14.0. The Morgan fingerprint density at radius 2 is 2.24 bits per heavy atom. The van der Waals surface area contributed by atoms with Gasteiger partial charge in [-0.05, 0) is 23.6 Å². The standard InChI is InChI=1S/C15H19NO5/c1-9-5-16(7-11(9)15(17)18)6-10-3-12(19-2)14-13(4-10)20-8-21-14/h3-4,9,11H,5-8H2,1-2H3,(H,17,18)/t9-,11-/m1/s1. The molecule has 0 aromatic heterocycles. The average Bonchev–Trinajstić information content (AvgIpc) is 3.04. The summed E-state index contributed by atoms with van der Waals surface area (Å²) in [5, 5.41) is 9.19. The summed E-state index contributed by atoms with van der Waals surface area (Å²) in [5.74, 6) is 1.14. The van der Waals surface area contributed by atoms with Crippen LogP contribution in [0, 0.1) is 11.8 Å². The zero-order valence-electron chi connectivity index (χ0n) is 12.2. The molecule has 1 saturated heterocycles. The molecule has 6 heteroatoms. The highest BCUT2D eigenvalue weighted by molar-refractivity contribution is 5.71. The van der Waals surface area contributed by atoms with Gasteiger partial charge in [0, 0.05) is 19.6 Å². The van der Waals surface area contributed by atoms with Crippen molar-refractivity contribution < 1.29 is 24.1 Å². The lowest BCUT2D eigenvalue weighted by atomic mass is 9.99. The summed E-state index contributed by atoms with van der Waals surface area (Å²) in [7, 11) is 1.60. The zero-order valence-corrected chi connectivity index (χ0v) is 12.2. The lowest BCUT2D eigenvalue weighted by Gasteiger charge is -2.16. The second kappa shape index (κ2) is 5.44. The van der Waals surface area contributed by atoms with Gasteiger partial charge in [-0.15, -0.1) is 0 Å². The van der Waals surface area contributed by atoms with Crippen LogP contribution < -0.4 is 14.2 Å². The van der Waals surface area contributed by atoms with E-state index in [2.05, 4.69) is 4.90 Å². The number of aliphatic carboxylic acids is 1. The molecule has 2 aliphatic rings. The first-order valence-electron chi connectivity index (χ1n) is 7.00. The minimum atomic E-state index is -0.715. The van der Waals surface area contributed by atoms with Gasteiger partial charge in [0.1, 0.15) is 0 Å². The van der Waals surface area contributed by atoms with Crippen LogP contribution >= 0.6 is 0 Å². The molecule has 2 atom stereocenters. The maximum Gasteiger partial charge on any atom is 0.308 e. The number of likely N-dealkylation sites (tertiary alicyclic amines) is 1. The lowest BCUT2D eigenvalue weighted by Crippen LogP contribution is -2.23. The average molecular weight is 293 g/mol. The molecule has 1 N–H and O–H groups in total. The summed E-state index contributed by atoms with van der Waals surface area (Å²) in [6.07, 6.45) is 0. The van der Waals surface area contributed by atoms with Crippen LogP contribution in [0.1, 0.15) is 12.5 Å². The van der Waals surface area contributed by atoms with Gasteiger partial charge in [0.25, 0.3) is 0 Å². The van der Waals surface area contributed by atoms with E-state index >= 15 is 0 Å². The summed E-state index contributed by atoms with van der Waals surface area (Å²) < 4.78 is 16.1. The van der Waals surface area contributed by atoms with Crippen molar-refractivity contribution in [2.75, 3.05) is 27.0 Å². The topological polar surface area (TPSA) is 68.2 Å². The number of hydrogen-bond donors (Lipinski definition) is 1. The number of methoxy groups -OCH3 is 1. The highest BCUT2D eigenvalue weighted by Gasteiger charge is 2.34. The fourth-order valence-corrected chi connectivity index (χ4v) is 3.05. The number of carboxylic acids is 1. The van der Waals surface area contributed by atoms with Gasteiger partial charge in [-0.1, -0.05) is 6.92 Å². The van der Waals surface area contributed by atoms with Crippen LogP contribution in [0.3, 0.4) is 0 Å². The van der Waals surface area contributed by atoms with Crippen LogP contribution in [-0.2, 0) is 11.3 Å². The molecule has 0 saturated carbocycles. The van der Waals surface area contributed by atoms with Gasteiger partial charge in [-0.25, -0.2) is 0 Å². The molecule has 0 aliphatic carbocycles. The van der Waals surface area contributed by atoms with Crippen molar-refractivity contribution in [3.8, 4) is 17.2 Å². The molecule has 0 amide bonds. The molecule has 0 bridgehead atoms. The molecule has 1 fully saturated rings. The van der Waals surface area contributed by atoms with Crippen LogP contribution in [0.5, 0.6) is 17.2 Å². The molecule has 114 valence electrons. The molecule has 2 heterocycles. The molecular weight excluding hydrogens is 274 g/mol. The van der Waals surface area contributed by atoms with E-state index in [1.54, 1.807) is 7.11 Å². The van der Waals surface area contributed by atoms with E-state index < -0.39 is 5.97 Å². The predicted octanol–water partition coefficient (Wildman–Crippen LogP) is 1.58. The number of benzene rings is 1. The van der Waals surface area contributed by atoms with Crippen molar-refractivity contribution >= 4 is 5.97 Å². The lowest BCUT2D eigenvalue weighted by molar-refractivity contribution is -0.142. The van der Waals surface area contributed by atoms with Gasteiger partial charge in [-0.2, -0.15) is 0 Å².